The number of hydrogen-bond acceptors (Lipinski definition) is 4. The van der Waals surface area contributed by atoms with Gasteiger partial charge in [0.05, 0.1) is 13.2 Å². The molecule has 0 aliphatic carbocycles. The van der Waals surface area contributed by atoms with Crippen molar-refractivity contribution in [3.8, 4) is 0 Å². The highest BCUT2D eigenvalue weighted by Crippen LogP contribution is 2.37. The number of benzene rings is 1. The maximum absolute atomic E-state index is 11.2. The molecule has 0 aliphatic heterocycles. The van der Waals surface area contributed by atoms with E-state index >= 15 is 0 Å². The number of likely N-dealkylation sites (N-methyl/N-ethyl adjacent to an activating group) is 1. The van der Waals surface area contributed by atoms with Gasteiger partial charge in [0.2, 0.25) is 0 Å². The van der Waals surface area contributed by atoms with Crippen molar-refractivity contribution in [2.75, 3.05) is 27.7 Å². The number of nitrogens with zero attached hydrogens (tertiary/aromatic N) is 1. The predicted molar refractivity (Wildman–Crippen MR) is 112 cm³/mol. The maximum Gasteiger partial charge on any atom is 0.330 e. The van der Waals surface area contributed by atoms with Gasteiger partial charge in [-0.25, -0.2) is 4.79 Å². The van der Waals surface area contributed by atoms with E-state index in [9.17, 15) is 4.79 Å². The molecule has 0 aliphatic rings. The average molecular weight is 378 g/mol. The Kier molecular flexibility index (Phi) is 8.25. The smallest absolute Gasteiger partial charge is 0.330 e. The Hall–Kier alpha value is -1.43. The molecule has 1 aromatic carbocycles. The largest absolute Gasteiger partial charge is 0.466 e. The van der Waals surface area contributed by atoms with Gasteiger partial charge in [0.15, 0.2) is 8.32 Å². The molecule has 1 aromatic rings. The van der Waals surface area contributed by atoms with Crippen LogP contribution in [0.3, 0.4) is 0 Å². The minimum atomic E-state index is -1.82. The highest BCUT2D eigenvalue weighted by molar-refractivity contribution is 6.74. The Labute approximate surface area is 160 Å². The first kappa shape index (κ1) is 22.6. The lowest BCUT2D eigenvalue weighted by molar-refractivity contribution is -0.134. The summed E-state index contributed by atoms with van der Waals surface area (Å²) in [5.74, 6) is -0.345. The lowest BCUT2D eigenvalue weighted by Crippen LogP contribution is -2.47. The third-order valence-corrected chi connectivity index (χ3v) is 9.43. The Bertz CT molecular complexity index is 601. The summed E-state index contributed by atoms with van der Waals surface area (Å²) >= 11 is 0. The van der Waals surface area contributed by atoms with E-state index in [-0.39, 0.29) is 17.1 Å². The summed E-state index contributed by atoms with van der Waals surface area (Å²) in [6, 6.07) is 8.25. The second kappa shape index (κ2) is 9.49. The zero-order chi connectivity index (χ0) is 20.0. The van der Waals surface area contributed by atoms with Crippen molar-refractivity contribution in [3.05, 3.63) is 41.5 Å². The molecule has 0 bridgehead atoms. The molecule has 0 spiro atoms. The molecular formula is C21H35NO3Si. The summed E-state index contributed by atoms with van der Waals surface area (Å²) in [5.41, 5.74) is 2.22. The van der Waals surface area contributed by atoms with Crippen molar-refractivity contribution in [2.24, 2.45) is 0 Å². The predicted octanol–water partition coefficient (Wildman–Crippen LogP) is 4.37. The molecule has 0 saturated carbocycles. The number of carbonyl (C=O) groups excluding carboxylic acids is 1. The van der Waals surface area contributed by atoms with Crippen LogP contribution < -0.4 is 0 Å². The van der Waals surface area contributed by atoms with E-state index in [0.717, 1.165) is 18.5 Å². The number of rotatable bonds is 8. The van der Waals surface area contributed by atoms with Crippen LogP contribution >= 0.6 is 0 Å². The van der Waals surface area contributed by atoms with Crippen molar-refractivity contribution in [1.29, 1.82) is 0 Å². The van der Waals surface area contributed by atoms with Gasteiger partial charge in [-0.1, -0.05) is 45.0 Å². The van der Waals surface area contributed by atoms with Crippen LogP contribution in [0.5, 0.6) is 0 Å². The van der Waals surface area contributed by atoms with Gasteiger partial charge in [0.1, 0.15) is 0 Å². The topological polar surface area (TPSA) is 38.8 Å². The second-order valence-electron chi connectivity index (χ2n) is 8.56. The van der Waals surface area contributed by atoms with Crippen LogP contribution in [0.25, 0.3) is 6.08 Å². The minimum Gasteiger partial charge on any atom is -0.466 e. The van der Waals surface area contributed by atoms with Crippen LogP contribution in [0.1, 0.15) is 31.9 Å². The fourth-order valence-electron chi connectivity index (χ4n) is 2.40. The van der Waals surface area contributed by atoms with Crippen LogP contribution in [0.15, 0.2) is 30.3 Å². The summed E-state index contributed by atoms with van der Waals surface area (Å²) < 4.78 is 11.3. The lowest BCUT2D eigenvalue weighted by Gasteiger charge is -2.40. The Morgan fingerprint density at radius 2 is 1.77 bits per heavy atom. The first-order valence-electron chi connectivity index (χ1n) is 9.12. The summed E-state index contributed by atoms with van der Waals surface area (Å²) in [4.78, 5) is 13.4. The molecule has 0 aromatic heterocycles. The maximum atomic E-state index is 11.2. The molecule has 0 heterocycles. The van der Waals surface area contributed by atoms with Crippen molar-refractivity contribution in [3.63, 3.8) is 0 Å². The van der Waals surface area contributed by atoms with E-state index in [4.69, 9.17) is 4.43 Å². The van der Waals surface area contributed by atoms with Crippen LogP contribution in [-0.4, -0.2) is 53.0 Å². The summed E-state index contributed by atoms with van der Waals surface area (Å²) in [7, 11) is 3.73. The Balaban J connectivity index is 2.85. The number of carbonyl (C=O) groups is 1. The SMILES string of the molecule is COC(=O)/C=C/c1ccc(CC(CN(C)C)O[Si](C)(C)C(C)(C)C)cc1. The Morgan fingerprint density at radius 3 is 2.23 bits per heavy atom. The van der Waals surface area contributed by atoms with Gasteiger partial charge in [-0.2, -0.15) is 0 Å². The third kappa shape index (κ3) is 7.44. The molecule has 26 heavy (non-hydrogen) atoms. The second-order valence-corrected chi connectivity index (χ2v) is 13.3. The van der Waals surface area contributed by atoms with Gasteiger partial charge in [-0.15, -0.1) is 0 Å². The van der Waals surface area contributed by atoms with Crippen molar-refractivity contribution < 1.29 is 14.0 Å². The quantitative estimate of drug-likeness (QED) is 0.383. The number of methoxy groups -OCH3 is 1. The highest BCUT2D eigenvalue weighted by atomic mass is 28.4. The van der Waals surface area contributed by atoms with Crippen molar-refractivity contribution in [1.82, 2.24) is 4.90 Å². The molecule has 1 unspecified atom stereocenters. The summed E-state index contributed by atoms with van der Waals surface area (Å²) in [6.07, 6.45) is 4.25. The van der Waals surface area contributed by atoms with Crippen molar-refractivity contribution in [2.45, 2.75) is 51.4 Å². The standard InChI is InChI=1S/C21H35NO3Si/c1-21(2,3)26(7,8)25-19(16-22(4)5)15-18-11-9-17(10-12-18)13-14-20(23)24-6/h9-14,19H,15-16H2,1-8H3/b14-13+. The molecule has 146 valence electrons. The van der Waals surface area contributed by atoms with Gasteiger partial charge in [0.25, 0.3) is 0 Å². The molecule has 0 fully saturated rings. The summed E-state index contributed by atoms with van der Waals surface area (Å²) in [5, 5.41) is 0.195. The van der Waals surface area contributed by atoms with Crippen LogP contribution in [0.2, 0.25) is 18.1 Å². The molecule has 1 atom stereocenters. The zero-order valence-corrected chi connectivity index (χ0v) is 18.6. The van der Waals surface area contributed by atoms with Gasteiger partial charge in [-0.3, -0.25) is 0 Å². The van der Waals surface area contributed by atoms with Gasteiger partial charge >= 0.3 is 5.97 Å². The lowest BCUT2D eigenvalue weighted by atomic mass is 10.1. The fourth-order valence-corrected chi connectivity index (χ4v) is 3.75. The zero-order valence-electron chi connectivity index (χ0n) is 17.6. The van der Waals surface area contributed by atoms with Gasteiger partial charge in [-0.05, 0) is 55.9 Å². The molecular weight excluding hydrogens is 342 g/mol. The monoisotopic (exact) mass is 377 g/mol. The van der Waals surface area contributed by atoms with E-state index in [0.29, 0.717) is 0 Å². The highest BCUT2D eigenvalue weighted by Gasteiger charge is 2.39. The van der Waals surface area contributed by atoms with E-state index in [1.807, 2.05) is 12.1 Å². The van der Waals surface area contributed by atoms with E-state index < -0.39 is 8.32 Å². The van der Waals surface area contributed by atoms with E-state index in [1.54, 1.807) is 6.08 Å². The average Bonchev–Trinajstić information content (AvgIpc) is 2.51. The van der Waals surface area contributed by atoms with Gasteiger partial charge < -0.3 is 14.1 Å². The molecule has 0 saturated heterocycles. The fraction of sp³-hybridized carbons (Fsp3) is 0.571. The molecule has 0 amide bonds. The Morgan fingerprint density at radius 1 is 1.19 bits per heavy atom. The first-order valence-corrected chi connectivity index (χ1v) is 12.0. The first-order chi connectivity index (χ1) is 11.9. The molecule has 5 heteroatoms. The van der Waals surface area contributed by atoms with Crippen LogP contribution in [0.4, 0.5) is 0 Å². The van der Waals surface area contributed by atoms with Crippen molar-refractivity contribution >= 4 is 20.4 Å². The van der Waals surface area contributed by atoms with Crippen LogP contribution in [-0.2, 0) is 20.4 Å². The van der Waals surface area contributed by atoms with E-state index in [1.165, 1.54) is 18.7 Å². The van der Waals surface area contributed by atoms with Gasteiger partial charge in [0, 0.05) is 12.6 Å². The minimum absolute atomic E-state index is 0.169. The molecule has 0 N–H and O–H groups in total. The molecule has 0 radical (unpaired) electrons. The number of hydrogen-bond donors (Lipinski definition) is 0. The molecule has 4 nitrogen and oxygen atoms in total. The number of ether oxygens (including phenoxy) is 1. The summed E-state index contributed by atoms with van der Waals surface area (Å²) in [6.45, 7) is 12.3. The number of esters is 1. The molecule has 1 rings (SSSR count). The normalized spacial score (nSPS) is 14.0. The van der Waals surface area contributed by atoms with E-state index in [2.05, 4.69) is 69.7 Å². The third-order valence-electron chi connectivity index (χ3n) is 4.89. The van der Waals surface area contributed by atoms with Crippen LogP contribution in [0, 0.1) is 0 Å².